The zero-order chi connectivity index (χ0) is 14.1. The van der Waals surface area contributed by atoms with E-state index in [-0.39, 0.29) is 0 Å². The van der Waals surface area contributed by atoms with Crippen molar-refractivity contribution in [2.75, 3.05) is 6.54 Å². The second-order valence-electron chi connectivity index (χ2n) is 6.98. The first-order chi connectivity index (χ1) is 9.19. The van der Waals surface area contributed by atoms with E-state index in [0.717, 1.165) is 23.8 Å². The van der Waals surface area contributed by atoms with Crippen molar-refractivity contribution < 1.29 is 0 Å². The smallest absolute Gasteiger partial charge is 0.00953 e. The molecule has 0 aromatic rings. The van der Waals surface area contributed by atoms with Gasteiger partial charge in [0.05, 0.1) is 0 Å². The molecule has 0 saturated heterocycles. The zero-order valence-corrected chi connectivity index (χ0v) is 13.9. The van der Waals surface area contributed by atoms with Gasteiger partial charge in [0.15, 0.2) is 0 Å². The SMILES string of the molecule is CCCCCC(NCCC)C1CCC(C(C)C)CC1. The lowest BCUT2D eigenvalue weighted by atomic mass is 9.74. The van der Waals surface area contributed by atoms with E-state index in [4.69, 9.17) is 0 Å². The van der Waals surface area contributed by atoms with Crippen molar-refractivity contribution in [1.29, 1.82) is 0 Å². The lowest BCUT2D eigenvalue weighted by Gasteiger charge is -2.36. The molecule has 19 heavy (non-hydrogen) atoms. The van der Waals surface area contributed by atoms with Crippen molar-refractivity contribution >= 4 is 0 Å². The maximum Gasteiger partial charge on any atom is 0.00953 e. The number of rotatable bonds is 9. The van der Waals surface area contributed by atoms with Gasteiger partial charge in [0.2, 0.25) is 0 Å². The van der Waals surface area contributed by atoms with Crippen LogP contribution in [0.25, 0.3) is 0 Å². The van der Waals surface area contributed by atoms with Crippen LogP contribution in [0, 0.1) is 17.8 Å². The second-order valence-corrected chi connectivity index (χ2v) is 6.98. The molecule has 1 fully saturated rings. The molecule has 0 aliphatic heterocycles. The molecule has 114 valence electrons. The summed E-state index contributed by atoms with van der Waals surface area (Å²) in [6, 6.07) is 0.805. The molecule has 0 amide bonds. The minimum Gasteiger partial charge on any atom is -0.314 e. The van der Waals surface area contributed by atoms with Gasteiger partial charge < -0.3 is 5.32 Å². The normalized spacial score (nSPS) is 25.7. The van der Waals surface area contributed by atoms with Crippen LogP contribution in [-0.2, 0) is 0 Å². The van der Waals surface area contributed by atoms with Crippen LogP contribution in [0.4, 0.5) is 0 Å². The summed E-state index contributed by atoms with van der Waals surface area (Å²) < 4.78 is 0. The molecule has 1 atom stereocenters. The van der Waals surface area contributed by atoms with E-state index < -0.39 is 0 Å². The minimum atomic E-state index is 0.805. The molecule has 1 heteroatoms. The fourth-order valence-electron chi connectivity index (χ4n) is 3.66. The van der Waals surface area contributed by atoms with Crippen molar-refractivity contribution in [3.05, 3.63) is 0 Å². The van der Waals surface area contributed by atoms with Crippen molar-refractivity contribution in [2.24, 2.45) is 17.8 Å². The summed E-state index contributed by atoms with van der Waals surface area (Å²) >= 11 is 0. The Labute approximate surface area is 121 Å². The predicted molar refractivity (Wildman–Crippen MR) is 86.5 cm³/mol. The van der Waals surface area contributed by atoms with E-state index in [1.165, 1.54) is 64.3 Å². The van der Waals surface area contributed by atoms with E-state index in [0.29, 0.717) is 0 Å². The lowest BCUT2D eigenvalue weighted by Crippen LogP contribution is -2.39. The fraction of sp³-hybridized carbons (Fsp3) is 1.00. The number of nitrogens with one attached hydrogen (secondary N) is 1. The summed E-state index contributed by atoms with van der Waals surface area (Å²) in [5.41, 5.74) is 0. The van der Waals surface area contributed by atoms with Crippen LogP contribution in [0.5, 0.6) is 0 Å². The molecule has 1 N–H and O–H groups in total. The molecular formula is C18H37N. The Balaban J connectivity index is 2.37. The van der Waals surface area contributed by atoms with Gasteiger partial charge in [-0.2, -0.15) is 0 Å². The van der Waals surface area contributed by atoms with Gasteiger partial charge in [0.1, 0.15) is 0 Å². The highest BCUT2D eigenvalue weighted by atomic mass is 14.9. The first-order valence-corrected chi connectivity index (χ1v) is 8.92. The molecule has 0 radical (unpaired) electrons. The van der Waals surface area contributed by atoms with E-state index in [1.807, 2.05) is 0 Å². The molecule has 0 aromatic carbocycles. The third-order valence-electron chi connectivity index (χ3n) is 5.10. The Morgan fingerprint density at radius 2 is 1.53 bits per heavy atom. The van der Waals surface area contributed by atoms with Crippen LogP contribution in [0.15, 0.2) is 0 Å². The molecule has 0 spiro atoms. The van der Waals surface area contributed by atoms with E-state index in [2.05, 4.69) is 33.0 Å². The molecule has 0 heterocycles. The fourth-order valence-corrected chi connectivity index (χ4v) is 3.66. The summed E-state index contributed by atoms with van der Waals surface area (Å²) in [5, 5.41) is 3.84. The maximum absolute atomic E-state index is 3.84. The highest BCUT2D eigenvalue weighted by Gasteiger charge is 2.28. The van der Waals surface area contributed by atoms with Crippen LogP contribution >= 0.6 is 0 Å². The van der Waals surface area contributed by atoms with Crippen molar-refractivity contribution in [2.45, 2.75) is 91.5 Å². The molecular weight excluding hydrogens is 230 g/mol. The van der Waals surface area contributed by atoms with Gasteiger partial charge in [0, 0.05) is 6.04 Å². The molecule has 1 aliphatic carbocycles. The highest BCUT2D eigenvalue weighted by Crippen LogP contribution is 2.35. The lowest BCUT2D eigenvalue weighted by molar-refractivity contribution is 0.182. The van der Waals surface area contributed by atoms with Crippen LogP contribution in [0.1, 0.15) is 85.5 Å². The van der Waals surface area contributed by atoms with E-state index in [9.17, 15) is 0 Å². The van der Waals surface area contributed by atoms with Gasteiger partial charge in [-0.25, -0.2) is 0 Å². The van der Waals surface area contributed by atoms with Crippen LogP contribution in [0.3, 0.4) is 0 Å². The predicted octanol–water partition coefficient (Wildman–Crippen LogP) is 5.40. The first kappa shape index (κ1) is 17.0. The monoisotopic (exact) mass is 267 g/mol. The van der Waals surface area contributed by atoms with Crippen molar-refractivity contribution in [1.82, 2.24) is 5.32 Å². The summed E-state index contributed by atoms with van der Waals surface area (Å²) in [5.74, 6) is 2.85. The topological polar surface area (TPSA) is 12.0 Å². The Kier molecular flexibility index (Phi) is 8.77. The third kappa shape index (κ3) is 6.29. The van der Waals surface area contributed by atoms with Gasteiger partial charge in [0.25, 0.3) is 0 Å². The molecule has 1 unspecified atom stereocenters. The Morgan fingerprint density at radius 3 is 2.05 bits per heavy atom. The van der Waals surface area contributed by atoms with Crippen LogP contribution < -0.4 is 5.32 Å². The summed E-state index contributed by atoms with van der Waals surface area (Å²) in [6.07, 6.45) is 12.7. The molecule has 1 rings (SSSR count). The molecule has 1 aliphatic rings. The van der Waals surface area contributed by atoms with Crippen molar-refractivity contribution in [3.63, 3.8) is 0 Å². The van der Waals surface area contributed by atoms with E-state index >= 15 is 0 Å². The third-order valence-corrected chi connectivity index (χ3v) is 5.10. The molecule has 1 nitrogen and oxygen atoms in total. The molecule has 0 aromatic heterocycles. The highest BCUT2D eigenvalue weighted by molar-refractivity contribution is 4.82. The van der Waals surface area contributed by atoms with Gasteiger partial charge in [-0.05, 0) is 62.8 Å². The van der Waals surface area contributed by atoms with Gasteiger partial charge in [-0.1, -0.05) is 47.0 Å². The van der Waals surface area contributed by atoms with Crippen molar-refractivity contribution in [3.8, 4) is 0 Å². The maximum atomic E-state index is 3.84. The Hall–Kier alpha value is -0.0400. The second kappa shape index (κ2) is 9.80. The quantitative estimate of drug-likeness (QED) is 0.552. The Bertz CT molecular complexity index is 204. The molecule has 1 saturated carbocycles. The van der Waals surface area contributed by atoms with Crippen LogP contribution in [0.2, 0.25) is 0 Å². The Morgan fingerprint density at radius 1 is 0.895 bits per heavy atom. The van der Waals surface area contributed by atoms with Gasteiger partial charge >= 0.3 is 0 Å². The number of hydrogen-bond acceptors (Lipinski definition) is 1. The number of hydrogen-bond donors (Lipinski definition) is 1. The summed E-state index contributed by atoms with van der Waals surface area (Å²) in [7, 11) is 0. The summed E-state index contributed by atoms with van der Waals surface area (Å²) in [4.78, 5) is 0. The van der Waals surface area contributed by atoms with E-state index in [1.54, 1.807) is 0 Å². The van der Waals surface area contributed by atoms with Gasteiger partial charge in [-0.3, -0.25) is 0 Å². The van der Waals surface area contributed by atoms with Crippen LogP contribution in [-0.4, -0.2) is 12.6 Å². The first-order valence-electron chi connectivity index (χ1n) is 8.92. The standard InChI is InChI=1S/C18H37N/c1-5-7-8-9-18(19-14-6-2)17-12-10-16(11-13-17)15(3)4/h15-19H,5-14H2,1-4H3. The van der Waals surface area contributed by atoms with Gasteiger partial charge in [-0.15, -0.1) is 0 Å². The molecule has 0 bridgehead atoms. The number of unbranched alkanes of at least 4 members (excludes halogenated alkanes) is 2. The summed E-state index contributed by atoms with van der Waals surface area (Å²) in [6.45, 7) is 10.6. The zero-order valence-electron chi connectivity index (χ0n) is 13.9. The minimum absolute atomic E-state index is 0.805. The average Bonchev–Trinajstić information content (AvgIpc) is 2.43. The average molecular weight is 268 g/mol. The largest absolute Gasteiger partial charge is 0.314 e.